The molecule has 0 heterocycles. The minimum absolute atomic E-state index is 0.166. The summed E-state index contributed by atoms with van der Waals surface area (Å²) < 4.78 is 5.79. The lowest BCUT2D eigenvalue weighted by atomic mass is 9.96. The van der Waals surface area contributed by atoms with Crippen LogP contribution in [0.4, 0.5) is 0 Å². The van der Waals surface area contributed by atoms with Gasteiger partial charge in [0.25, 0.3) is 0 Å². The minimum Gasteiger partial charge on any atom is -0.388 e. The Bertz CT molecular complexity index is 238. The Morgan fingerprint density at radius 1 is 1.56 bits per heavy atom. The Kier molecular flexibility index (Phi) is 5.49. The van der Waals surface area contributed by atoms with E-state index >= 15 is 0 Å². The summed E-state index contributed by atoms with van der Waals surface area (Å²) in [6, 6.07) is -0.234. The highest BCUT2D eigenvalue weighted by Crippen LogP contribution is 2.18. The van der Waals surface area contributed by atoms with E-state index in [1.54, 1.807) is 0 Å². The smallest absolute Gasteiger partial charge is 0.207 e. The molecule has 0 fully saturated rings. The van der Waals surface area contributed by atoms with Crippen LogP contribution in [0.25, 0.3) is 0 Å². The van der Waals surface area contributed by atoms with Crippen molar-refractivity contribution >= 4 is 6.41 Å². The molecule has 0 aromatic carbocycles. The number of aliphatic hydroxyl groups is 1. The molecule has 2 N–H and O–H groups in total. The second-order valence-corrected chi connectivity index (χ2v) is 4.08. The highest BCUT2D eigenvalue weighted by atomic mass is 16.5. The first-order valence-electron chi connectivity index (χ1n) is 5.92. The third kappa shape index (κ3) is 3.32. The SMILES string of the molecule is CCC(CC)O[C@@H]1C=CC[C@@H](NC=O)[C@H]1O. The molecular weight excluding hydrogens is 206 g/mol. The van der Waals surface area contributed by atoms with E-state index in [1.807, 2.05) is 12.2 Å². The number of aliphatic hydroxyl groups excluding tert-OH is 1. The van der Waals surface area contributed by atoms with Gasteiger partial charge in [-0.25, -0.2) is 0 Å². The van der Waals surface area contributed by atoms with Gasteiger partial charge in [-0.2, -0.15) is 0 Å². The summed E-state index contributed by atoms with van der Waals surface area (Å²) in [7, 11) is 0. The lowest BCUT2D eigenvalue weighted by molar-refractivity contribution is -0.113. The number of ether oxygens (including phenoxy) is 1. The molecule has 1 aliphatic rings. The zero-order chi connectivity index (χ0) is 12.0. The average molecular weight is 227 g/mol. The van der Waals surface area contributed by atoms with Crippen molar-refractivity contribution in [3.8, 4) is 0 Å². The maximum atomic E-state index is 10.4. The van der Waals surface area contributed by atoms with Gasteiger partial charge in [0.05, 0.1) is 12.1 Å². The Labute approximate surface area is 96.7 Å². The number of hydrogen-bond donors (Lipinski definition) is 2. The quantitative estimate of drug-likeness (QED) is 0.525. The molecule has 1 aliphatic carbocycles. The van der Waals surface area contributed by atoms with Crippen molar-refractivity contribution in [1.29, 1.82) is 0 Å². The summed E-state index contributed by atoms with van der Waals surface area (Å²) in [6.45, 7) is 4.13. The number of amides is 1. The zero-order valence-electron chi connectivity index (χ0n) is 9.93. The molecule has 92 valence electrons. The third-order valence-electron chi connectivity index (χ3n) is 3.01. The van der Waals surface area contributed by atoms with Gasteiger partial charge >= 0.3 is 0 Å². The van der Waals surface area contributed by atoms with Gasteiger partial charge in [0.2, 0.25) is 6.41 Å². The van der Waals surface area contributed by atoms with Crippen molar-refractivity contribution < 1.29 is 14.6 Å². The Morgan fingerprint density at radius 3 is 2.81 bits per heavy atom. The third-order valence-corrected chi connectivity index (χ3v) is 3.01. The summed E-state index contributed by atoms with van der Waals surface area (Å²) in [4.78, 5) is 10.4. The van der Waals surface area contributed by atoms with Crippen LogP contribution in [0.1, 0.15) is 33.1 Å². The number of rotatable bonds is 6. The number of nitrogens with one attached hydrogen (secondary N) is 1. The molecule has 0 bridgehead atoms. The predicted octanol–water partition coefficient (Wildman–Crippen LogP) is 0.996. The molecule has 0 spiro atoms. The van der Waals surface area contributed by atoms with Crippen molar-refractivity contribution in [2.75, 3.05) is 0 Å². The van der Waals surface area contributed by atoms with E-state index in [0.29, 0.717) is 12.8 Å². The summed E-state index contributed by atoms with van der Waals surface area (Å²) in [5.41, 5.74) is 0. The van der Waals surface area contributed by atoms with E-state index < -0.39 is 6.10 Å². The van der Waals surface area contributed by atoms with E-state index in [9.17, 15) is 9.90 Å². The molecule has 1 rings (SSSR count). The number of carbonyl (C=O) groups excluding carboxylic acids is 1. The maximum Gasteiger partial charge on any atom is 0.207 e. The average Bonchev–Trinajstić information content (AvgIpc) is 2.30. The zero-order valence-corrected chi connectivity index (χ0v) is 9.93. The predicted molar refractivity (Wildman–Crippen MR) is 62.0 cm³/mol. The van der Waals surface area contributed by atoms with Crippen LogP contribution < -0.4 is 5.32 Å². The van der Waals surface area contributed by atoms with E-state index in [2.05, 4.69) is 19.2 Å². The standard InChI is InChI=1S/C12H21NO3/c1-3-9(4-2)16-11-7-5-6-10(12(11)15)13-8-14/h5,7-12,15H,3-4,6H2,1-2H3,(H,13,14)/t10-,11-,12-/m1/s1. The van der Waals surface area contributed by atoms with E-state index in [-0.39, 0.29) is 18.2 Å². The molecule has 0 radical (unpaired) electrons. The van der Waals surface area contributed by atoms with Crippen LogP contribution in [-0.2, 0) is 9.53 Å². The van der Waals surface area contributed by atoms with Crippen molar-refractivity contribution in [1.82, 2.24) is 5.32 Å². The van der Waals surface area contributed by atoms with Crippen LogP contribution in [0, 0.1) is 0 Å². The second-order valence-electron chi connectivity index (χ2n) is 4.08. The van der Waals surface area contributed by atoms with Crippen LogP contribution in [0.3, 0.4) is 0 Å². The van der Waals surface area contributed by atoms with Crippen molar-refractivity contribution in [3.05, 3.63) is 12.2 Å². The highest BCUT2D eigenvalue weighted by Gasteiger charge is 2.30. The second kappa shape index (κ2) is 6.66. The van der Waals surface area contributed by atoms with Crippen LogP contribution in [-0.4, -0.2) is 35.9 Å². The Balaban J connectivity index is 2.55. The van der Waals surface area contributed by atoms with Crippen LogP contribution in [0.15, 0.2) is 12.2 Å². The van der Waals surface area contributed by atoms with Gasteiger partial charge in [0.15, 0.2) is 0 Å². The first-order valence-corrected chi connectivity index (χ1v) is 5.92. The molecular formula is C12H21NO3. The van der Waals surface area contributed by atoms with E-state index in [1.165, 1.54) is 0 Å². The van der Waals surface area contributed by atoms with Crippen LogP contribution in [0.2, 0.25) is 0 Å². The highest BCUT2D eigenvalue weighted by molar-refractivity contribution is 5.47. The van der Waals surface area contributed by atoms with Gasteiger partial charge in [-0.1, -0.05) is 26.0 Å². The monoisotopic (exact) mass is 227 g/mol. The molecule has 4 nitrogen and oxygen atoms in total. The molecule has 16 heavy (non-hydrogen) atoms. The van der Waals surface area contributed by atoms with Gasteiger partial charge in [-0.3, -0.25) is 4.79 Å². The molecule has 0 aromatic rings. The molecule has 3 atom stereocenters. The van der Waals surface area contributed by atoms with Crippen LogP contribution in [0.5, 0.6) is 0 Å². The molecule has 4 heteroatoms. The Hall–Kier alpha value is -0.870. The largest absolute Gasteiger partial charge is 0.388 e. The molecule has 0 aromatic heterocycles. The Morgan fingerprint density at radius 2 is 2.25 bits per heavy atom. The first kappa shape index (κ1) is 13.2. The molecule has 0 unspecified atom stereocenters. The van der Waals surface area contributed by atoms with Gasteiger partial charge in [0.1, 0.15) is 12.2 Å². The number of hydrogen-bond acceptors (Lipinski definition) is 3. The fourth-order valence-electron chi connectivity index (χ4n) is 1.92. The van der Waals surface area contributed by atoms with Crippen LogP contribution >= 0.6 is 0 Å². The molecule has 1 amide bonds. The lowest BCUT2D eigenvalue weighted by Crippen LogP contribution is -2.48. The molecule has 0 saturated heterocycles. The lowest BCUT2D eigenvalue weighted by Gasteiger charge is -2.32. The first-order chi connectivity index (χ1) is 7.72. The maximum absolute atomic E-state index is 10.4. The summed E-state index contributed by atoms with van der Waals surface area (Å²) >= 11 is 0. The van der Waals surface area contributed by atoms with Gasteiger partial charge in [-0.05, 0) is 19.3 Å². The van der Waals surface area contributed by atoms with E-state index in [4.69, 9.17) is 4.74 Å². The van der Waals surface area contributed by atoms with Crippen molar-refractivity contribution in [3.63, 3.8) is 0 Å². The fraction of sp³-hybridized carbons (Fsp3) is 0.750. The minimum atomic E-state index is -0.657. The fourth-order valence-corrected chi connectivity index (χ4v) is 1.92. The summed E-state index contributed by atoms with van der Waals surface area (Å²) in [5, 5.41) is 12.6. The topological polar surface area (TPSA) is 58.6 Å². The summed E-state index contributed by atoms with van der Waals surface area (Å²) in [5.74, 6) is 0. The molecule has 0 saturated carbocycles. The number of carbonyl (C=O) groups is 1. The van der Waals surface area contributed by atoms with Gasteiger partial charge in [0, 0.05) is 0 Å². The molecule has 0 aliphatic heterocycles. The normalized spacial score (nSPS) is 29.4. The van der Waals surface area contributed by atoms with Crippen molar-refractivity contribution in [2.45, 2.75) is 57.5 Å². The van der Waals surface area contributed by atoms with Gasteiger partial charge in [-0.15, -0.1) is 0 Å². The summed E-state index contributed by atoms with van der Waals surface area (Å²) in [6.07, 6.45) is 6.17. The van der Waals surface area contributed by atoms with E-state index in [0.717, 1.165) is 12.8 Å². The van der Waals surface area contributed by atoms with Crippen molar-refractivity contribution in [2.24, 2.45) is 0 Å². The van der Waals surface area contributed by atoms with Gasteiger partial charge < -0.3 is 15.2 Å².